The number of hydrogen-bond acceptors (Lipinski definition) is 4. The van der Waals surface area contributed by atoms with Crippen molar-refractivity contribution in [3.05, 3.63) is 58.7 Å². The van der Waals surface area contributed by atoms with Crippen molar-refractivity contribution < 1.29 is 17.9 Å². The second-order valence-corrected chi connectivity index (χ2v) is 9.29. The summed E-state index contributed by atoms with van der Waals surface area (Å²) in [6.45, 7) is 9.69. The molecule has 0 bridgehead atoms. The van der Waals surface area contributed by atoms with Gasteiger partial charge in [0.2, 0.25) is 0 Å². The third-order valence-corrected chi connectivity index (χ3v) is 6.00. The second kappa shape index (κ2) is 8.78. The van der Waals surface area contributed by atoms with Crippen LogP contribution < -0.4 is 10.1 Å². The minimum atomic E-state index is -3.24. The molecule has 0 aliphatic carbocycles. The second-order valence-electron chi connectivity index (χ2n) is 7.28. The molecular formula is C22H29NO4S. The average Bonchev–Trinajstić information content (AvgIpc) is 2.62. The van der Waals surface area contributed by atoms with Crippen LogP contribution in [0.15, 0.2) is 41.3 Å². The molecule has 1 amide bonds. The topological polar surface area (TPSA) is 72.5 Å². The number of ether oxygens (including phenoxy) is 1. The van der Waals surface area contributed by atoms with Gasteiger partial charge in [-0.05, 0) is 74.6 Å². The van der Waals surface area contributed by atoms with E-state index in [1.54, 1.807) is 31.2 Å². The molecule has 0 fully saturated rings. The molecule has 2 aromatic carbocycles. The Bertz CT molecular complexity index is 949. The summed E-state index contributed by atoms with van der Waals surface area (Å²) in [5.74, 6) is 0.503. The van der Waals surface area contributed by atoms with Crippen LogP contribution >= 0.6 is 0 Å². The van der Waals surface area contributed by atoms with Gasteiger partial charge in [-0.15, -0.1) is 0 Å². The van der Waals surface area contributed by atoms with E-state index in [0.29, 0.717) is 12.2 Å². The monoisotopic (exact) mass is 403 g/mol. The summed E-state index contributed by atoms with van der Waals surface area (Å²) in [4.78, 5) is 12.9. The first-order valence-electron chi connectivity index (χ1n) is 9.37. The van der Waals surface area contributed by atoms with Crippen LogP contribution in [0.1, 0.15) is 48.6 Å². The molecule has 0 aliphatic rings. The van der Waals surface area contributed by atoms with Crippen molar-refractivity contribution in [2.45, 2.75) is 58.1 Å². The van der Waals surface area contributed by atoms with E-state index >= 15 is 0 Å². The van der Waals surface area contributed by atoms with Crippen molar-refractivity contribution in [2.24, 2.45) is 0 Å². The molecule has 0 aliphatic heterocycles. The van der Waals surface area contributed by atoms with Crippen LogP contribution in [0.3, 0.4) is 0 Å². The maximum absolute atomic E-state index is 12.7. The maximum Gasteiger partial charge on any atom is 0.261 e. The first kappa shape index (κ1) is 22.0. The number of nitrogens with one attached hydrogen (secondary N) is 1. The van der Waals surface area contributed by atoms with Crippen LogP contribution in [-0.2, 0) is 14.6 Å². The predicted molar refractivity (Wildman–Crippen MR) is 111 cm³/mol. The summed E-state index contributed by atoms with van der Waals surface area (Å²) in [7, 11) is -3.24. The molecule has 2 aromatic rings. The number of sulfone groups is 1. The van der Waals surface area contributed by atoms with Crippen molar-refractivity contribution in [1.82, 2.24) is 5.32 Å². The average molecular weight is 404 g/mol. The maximum atomic E-state index is 12.7. The van der Waals surface area contributed by atoms with E-state index in [-0.39, 0.29) is 16.8 Å². The number of rotatable bonds is 7. The predicted octanol–water partition coefficient (Wildman–Crippen LogP) is 4.05. The Hall–Kier alpha value is -2.34. The first-order valence-corrected chi connectivity index (χ1v) is 11.3. The highest BCUT2D eigenvalue weighted by molar-refractivity contribution is 7.90. The SMILES string of the molecule is CC[C@H](NC(=O)[C@H](C)Oc1cc(C)cc(C)c1C)c1ccc(S(C)(=O)=O)cc1. The molecule has 152 valence electrons. The van der Waals surface area contributed by atoms with Gasteiger partial charge in [0.25, 0.3) is 5.91 Å². The first-order chi connectivity index (χ1) is 13.0. The molecule has 1 N–H and O–H groups in total. The van der Waals surface area contributed by atoms with Crippen LogP contribution in [0.25, 0.3) is 0 Å². The summed E-state index contributed by atoms with van der Waals surface area (Å²) in [5, 5.41) is 3.00. The Morgan fingerprint density at radius 1 is 1.11 bits per heavy atom. The molecular weight excluding hydrogens is 374 g/mol. The Kier molecular flexibility index (Phi) is 6.88. The number of carbonyl (C=O) groups excluding carboxylic acids is 1. The molecule has 0 unspecified atom stereocenters. The zero-order chi connectivity index (χ0) is 21.1. The standard InChI is InChI=1S/C22H29NO4S/c1-7-20(18-8-10-19(11-9-18)28(6,25)26)23-22(24)17(5)27-21-13-14(2)12-15(3)16(21)4/h8-13,17,20H,7H2,1-6H3,(H,23,24)/t17-,20-/m0/s1. The summed E-state index contributed by atoms with van der Waals surface area (Å²) >= 11 is 0. The van der Waals surface area contributed by atoms with E-state index in [1.165, 1.54) is 6.26 Å². The largest absolute Gasteiger partial charge is 0.481 e. The third-order valence-electron chi connectivity index (χ3n) is 4.87. The van der Waals surface area contributed by atoms with Crippen LogP contribution in [-0.4, -0.2) is 26.7 Å². The van der Waals surface area contributed by atoms with E-state index in [0.717, 1.165) is 22.3 Å². The van der Waals surface area contributed by atoms with Gasteiger partial charge in [0.15, 0.2) is 15.9 Å². The van der Waals surface area contributed by atoms with E-state index in [9.17, 15) is 13.2 Å². The van der Waals surface area contributed by atoms with Crippen LogP contribution in [0, 0.1) is 20.8 Å². The Labute approximate surface area is 168 Å². The van der Waals surface area contributed by atoms with Gasteiger partial charge in [-0.25, -0.2) is 8.42 Å². The zero-order valence-corrected chi connectivity index (χ0v) is 18.2. The van der Waals surface area contributed by atoms with Crippen molar-refractivity contribution in [2.75, 3.05) is 6.26 Å². The van der Waals surface area contributed by atoms with Crippen LogP contribution in [0.4, 0.5) is 0 Å². The van der Waals surface area contributed by atoms with Gasteiger partial charge in [0, 0.05) is 6.26 Å². The molecule has 0 radical (unpaired) electrons. The molecule has 5 nitrogen and oxygen atoms in total. The highest BCUT2D eigenvalue weighted by Gasteiger charge is 2.21. The summed E-state index contributed by atoms with van der Waals surface area (Å²) in [5.41, 5.74) is 4.09. The molecule has 2 rings (SSSR count). The van der Waals surface area contributed by atoms with Gasteiger partial charge in [0.05, 0.1) is 10.9 Å². The molecule has 6 heteroatoms. The normalized spacial score (nSPS) is 13.6. The number of hydrogen-bond donors (Lipinski definition) is 1. The Balaban J connectivity index is 2.11. The molecule has 0 saturated heterocycles. The highest BCUT2D eigenvalue weighted by Crippen LogP contribution is 2.25. The lowest BCUT2D eigenvalue weighted by Gasteiger charge is -2.22. The number of amides is 1. The minimum absolute atomic E-state index is 0.211. The Morgan fingerprint density at radius 3 is 2.25 bits per heavy atom. The molecule has 0 aromatic heterocycles. The van der Waals surface area contributed by atoms with Gasteiger partial charge >= 0.3 is 0 Å². The molecule has 0 saturated carbocycles. The van der Waals surface area contributed by atoms with Gasteiger partial charge in [-0.2, -0.15) is 0 Å². The fourth-order valence-electron chi connectivity index (χ4n) is 3.02. The summed E-state index contributed by atoms with van der Waals surface area (Å²) in [6.07, 6.45) is 1.21. The third kappa shape index (κ3) is 5.35. The van der Waals surface area contributed by atoms with E-state index < -0.39 is 15.9 Å². The minimum Gasteiger partial charge on any atom is -0.481 e. The van der Waals surface area contributed by atoms with Crippen LogP contribution in [0.2, 0.25) is 0 Å². The van der Waals surface area contributed by atoms with E-state index in [2.05, 4.69) is 11.4 Å². The van der Waals surface area contributed by atoms with Gasteiger partial charge in [-0.1, -0.05) is 25.1 Å². The van der Waals surface area contributed by atoms with Crippen LogP contribution in [0.5, 0.6) is 5.75 Å². The number of benzene rings is 2. The number of aryl methyl sites for hydroxylation is 2. The lowest BCUT2D eigenvalue weighted by atomic mass is 10.0. The molecule has 28 heavy (non-hydrogen) atoms. The number of carbonyl (C=O) groups is 1. The molecule has 2 atom stereocenters. The lowest BCUT2D eigenvalue weighted by molar-refractivity contribution is -0.128. The quantitative estimate of drug-likeness (QED) is 0.757. The van der Waals surface area contributed by atoms with E-state index in [1.807, 2.05) is 33.8 Å². The van der Waals surface area contributed by atoms with Crippen molar-refractivity contribution in [1.29, 1.82) is 0 Å². The smallest absolute Gasteiger partial charge is 0.261 e. The highest BCUT2D eigenvalue weighted by atomic mass is 32.2. The van der Waals surface area contributed by atoms with Gasteiger partial charge < -0.3 is 10.1 Å². The van der Waals surface area contributed by atoms with Gasteiger partial charge in [0.1, 0.15) is 5.75 Å². The Morgan fingerprint density at radius 2 is 1.71 bits per heavy atom. The fraction of sp³-hybridized carbons (Fsp3) is 0.409. The van der Waals surface area contributed by atoms with Crippen molar-refractivity contribution >= 4 is 15.7 Å². The molecule has 0 spiro atoms. The summed E-state index contributed by atoms with van der Waals surface area (Å²) in [6, 6.07) is 10.4. The van der Waals surface area contributed by atoms with Crippen molar-refractivity contribution in [3.8, 4) is 5.75 Å². The van der Waals surface area contributed by atoms with E-state index in [4.69, 9.17) is 4.74 Å². The van der Waals surface area contributed by atoms with Crippen molar-refractivity contribution in [3.63, 3.8) is 0 Å². The van der Waals surface area contributed by atoms with Gasteiger partial charge in [-0.3, -0.25) is 4.79 Å². The molecule has 0 heterocycles. The lowest BCUT2D eigenvalue weighted by Crippen LogP contribution is -2.38. The summed E-state index contributed by atoms with van der Waals surface area (Å²) < 4.78 is 29.1. The fourth-order valence-corrected chi connectivity index (χ4v) is 3.66. The zero-order valence-electron chi connectivity index (χ0n) is 17.4.